The number of carbonyl (C=O) groups excluding carboxylic acids is 3. The molecule has 1 aromatic heterocycles. The van der Waals surface area contributed by atoms with Gasteiger partial charge in [0.1, 0.15) is 11.5 Å². The lowest BCUT2D eigenvalue weighted by molar-refractivity contribution is -0.121. The van der Waals surface area contributed by atoms with Crippen LogP contribution >= 0.6 is 11.6 Å². The quantitative estimate of drug-likeness (QED) is 0.427. The number of nitrogens with zero attached hydrogens (tertiary/aromatic N) is 2. The fourth-order valence-electron chi connectivity index (χ4n) is 4.18. The molecule has 11 heteroatoms. The first kappa shape index (κ1) is 25.6. The molecule has 184 valence electrons. The average molecular weight is 493 g/mol. The Hall–Kier alpha value is -2.98. The molecule has 1 saturated carbocycles. The zero-order chi connectivity index (χ0) is 24.8. The number of amides is 3. The Balaban J connectivity index is 1.67. The van der Waals surface area contributed by atoms with Gasteiger partial charge < -0.3 is 26.3 Å². The summed E-state index contributed by atoms with van der Waals surface area (Å²) in [5.74, 6) is -2.03. The van der Waals surface area contributed by atoms with Crippen LogP contribution in [0.15, 0.2) is 24.5 Å². The molecule has 34 heavy (non-hydrogen) atoms. The normalized spacial score (nSPS) is 18.0. The van der Waals surface area contributed by atoms with E-state index in [4.69, 9.17) is 17.3 Å². The standard InChI is InChI=1S/C23H30ClFN6O3/c1-13(2)27-9-10-31(23(34)20-19(21(26)32)28-12-29-20)16-6-3-14(4-7-16)22(33)30-18-8-5-15(25)11-17(18)24/h5,8,11-14,16,27H,3-4,6-7,9-10H2,1-2H3,(H2,26,32)(H,28,29)(H,30,33)/t14-,16-. The number of nitrogens with two attached hydrogens (primary N) is 1. The minimum atomic E-state index is -0.749. The van der Waals surface area contributed by atoms with Crippen LogP contribution in [-0.4, -0.2) is 57.8 Å². The van der Waals surface area contributed by atoms with E-state index in [1.165, 1.54) is 18.5 Å². The number of halogens is 2. The van der Waals surface area contributed by atoms with E-state index in [-0.39, 0.29) is 46.2 Å². The summed E-state index contributed by atoms with van der Waals surface area (Å²) in [6.45, 7) is 5.03. The van der Waals surface area contributed by atoms with Crippen molar-refractivity contribution in [3.05, 3.63) is 46.8 Å². The highest BCUT2D eigenvalue weighted by atomic mass is 35.5. The molecule has 0 aliphatic heterocycles. The molecular weight excluding hydrogens is 463 g/mol. The molecule has 0 bridgehead atoms. The van der Waals surface area contributed by atoms with Gasteiger partial charge in [-0.2, -0.15) is 0 Å². The van der Waals surface area contributed by atoms with Crippen LogP contribution in [-0.2, 0) is 4.79 Å². The van der Waals surface area contributed by atoms with Crippen molar-refractivity contribution in [3.63, 3.8) is 0 Å². The van der Waals surface area contributed by atoms with Gasteiger partial charge >= 0.3 is 0 Å². The third kappa shape index (κ3) is 6.32. The lowest BCUT2D eigenvalue weighted by Gasteiger charge is -2.36. The lowest BCUT2D eigenvalue weighted by atomic mass is 9.84. The fraction of sp³-hybridized carbons (Fsp3) is 0.478. The molecule has 1 heterocycles. The smallest absolute Gasteiger partial charge is 0.275 e. The molecule has 2 aromatic rings. The molecular formula is C23H30ClFN6O3. The summed E-state index contributed by atoms with van der Waals surface area (Å²) >= 11 is 6.02. The number of aromatic amines is 1. The second-order valence-corrected chi connectivity index (χ2v) is 9.12. The van der Waals surface area contributed by atoms with E-state index < -0.39 is 11.7 Å². The van der Waals surface area contributed by atoms with Crippen molar-refractivity contribution >= 4 is 35.0 Å². The van der Waals surface area contributed by atoms with E-state index >= 15 is 0 Å². The van der Waals surface area contributed by atoms with Gasteiger partial charge in [-0.25, -0.2) is 9.37 Å². The van der Waals surface area contributed by atoms with Gasteiger partial charge in [0, 0.05) is 31.1 Å². The van der Waals surface area contributed by atoms with Crippen LogP contribution in [0.3, 0.4) is 0 Å². The summed E-state index contributed by atoms with van der Waals surface area (Å²) in [6, 6.07) is 3.96. The van der Waals surface area contributed by atoms with Crippen LogP contribution in [0, 0.1) is 11.7 Å². The van der Waals surface area contributed by atoms with Gasteiger partial charge in [-0.05, 0) is 43.9 Å². The highest BCUT2D eigenvalue weighted by molar-refractivity contribution is 6.33. The molecule has 5 N–H and O–H groups in total. The van der Waals surface area contributed by atoms with Gasteiger partial charge in [0.15, 0.2) is 5.69 Å². The van der Waals surface area contributed by atoms with Crippen LogP contribution < -0.4 is 16.4 Å². The third-order valence-electron chi connectivity index (χ3n) is 5.95. The van der Waals surface area contributed by atoms with Crippen LogP contribution in [0.4, 0.5) is 10.1 Å². The number of nitrogens with one attached hydrogen (secondary N) is 3. The van der Waals surface area contributed by atoms with Crippen molar-refractivity contribution in [1.82, 2.24) is 20.2 Å². The number of benzene rings is 1. The van der Waals surface area contributed by atoms with E-state index in [1.807, 2.05) is 13.8 Å². The largest absolute Gasteiger partial charge is 0.364 e. The number of hydrogen-bond acceptors (Lipinski definition) is 5. The first-order valence-corrected chi connectivity index (χ1v) is 11.7. The Morgan fingerprint density at radius 2 is 1.97 bits per heavy atom. The van der Waals surface area contributed by atoms with Gasteiger partial charge in [0.25, 0.3) is 11.8 Å². The van der Waals surface area contributed by atoms with Crippen molar-refractivity contribution < 1.29 is 18.8 Å². The topological polar surface area (TPSA) is 133 Å². The van der Waals surface area contributed by atoms with E-state index in [1.54, 1.807) is 4.90 Å². The van der Waals surface area contributed by atoms with Crippen LogP contribution in [0.5, 0.6) is 0 Å². The lowest BCUT2D eigenvalue weighted by Crippen LogP contribution is -2.47. The molecule has 1 aliphatic carbocycles. The van der Waals surface area contributed by atoms with E-state index in [2.05, 4.69) is 20.6 Å². The molecule has 0 atom stereocenters. The third-order valence-corrected chi connectivity index (χ3v) is 6.26. The van der Waals surface area contributed by atoms with Crippen LogP contribution in [0.2, 0.25) is 5.02 Å². The van der Waals surface area contributed by atoms with Gasteiger partial charge in [-0.15, -0.1) is 0 Å². The minimum Gasteiger partial charge on any atom is -0.364 e. The van der Waals surface area contributed by atoms with Crippen molar-refractivity contribution in [2.24, 2.45) is 11.7 Å². The number of imidazole rings is 1. The summed E-state index contributed by atoms with van der Waals surface area (Å²) in [7, 11) is 0. The van der Waals surface area contributed by atoms with Crippen LogP contribution in [0.25, 0.3) is 0 Å². The number of rotatable bonds is 9. The zero-order valence-electron chi connectivity index (χ0n) is 19.2. The predicted molar refractivity (Wildman–Crippen MR) is 127 cm³/mol. The molecule has 0 spiro atoms. The van der Waals surface area contributed by atoms with Gasteiger partial charge in [-0.3, -0.25) is 14.4 Å². The summed E-state index contributed by atoms with van der Waals surface area (Å²) in [4.78, 5) is 46.1. The number of primary amides is 1. The summed E-state index contributed by atoms with van der Waals surface area (Å²) in [6.07, 6.45) is 3.64. The van der Waals surface area contributed by atoms with Gasteiger partial charge in [0.05, 0.1) is 17.0 Å². The second kappa shape index (κ2) is 11.4. The minimum absolute atomic E-state index is 0.00265. The number of hydrogen-bond donors (Lipinski definition) is 4. The predicted octanol–water partition coefficient (Wildman–Crippen LogP) is 2.94. The summed E-state index contributed by atoms with van der Waals surface area (Å²) in [5.41, 5.74) is 5.73. The molecule has 3 amide bonds. The Labute approximate surface area is 202 Å². The highest BCUT2D eigenvalue weighted by Gasteiger charge is 2.34. The first-order valence-electron chi connectivity index (χ1n) is 11.3. The molecule has 0 radical (unpaired) electrons. The zero-order valence-corrected chi connectivity index (χ0v) is 20.0. The second-order valence-electron chi connectivity index (χ2n) is 8.72. The average Bonchev–Trinajstić information content (AvgIpc) is 3.29. The molecule has 3 rings (SSSR count). The summed E-state index contributed by atoms with van der Waals surface area (Å²) in [5, 5.41) is 6.21. The molecule has 1 aliphatic rings. The van der Waals surface area contributed by atoms with Gasteiger partial charge in [-0.1, -0.05) is 25.4 Å². The SMILES string of the molecule is CC(C)NCCN(C(=O)c1nc[nH]c1C(N)=O)[C@H]1CC[C@H](C(=O)Nc2ccc(F)cc2Cl)CC1. The van der Waals surface area contributed by atoms with Crippen molar-refractivity contribution in [1.29, 1.82) is 0 Å². The number of anilines is 1. The summed E-state index contributed by atoms with van der Waals surface area (Å²) < 4.78 is 13.3. The van der Waals surface area contributed by atoms with E-state index in [0.29, 0.717) is 44.5 Å². The first-order chi connectivity index (χ1) is 16.2. The highest BCUT2D eigenvalue weighted by Crippen LogP contribution is 2.31. The molecule has 0 saturated heterocycles. The maximum absolute atomic E-state index is 13.3. The Morgan fingerprint density at radius 3 is 2.59 bits per heavy atom. The van der Waals surface area contributed by atoms with E-state index in [9.17, 15) is 18.8 Å². The number of H-pyrrole nitrogens is 1. The van der Waals surface area contributed by atoms with E-state index in [0.717, 1.165) is 6.07 Å². The maximum atomic E-state index is 13.3. The monoisotopic (exact) mass is 492 g/mol. The molecule has 1 fully saturated rings. The molecule has 1 aromatic carbocycles. The molecule has 9 nitrogen and oxygen atoms in total. The Kier molecular flexibility index (Phi) is 8.62. The fourth-order valence-corrected chi connectivity index (χ4v) is 4.39. The van der Waals surface area contributed by atoms with Crippen molar-refractivity contribution in [2.45, 2.75) is 51.6 Å². The maximum Gasteiger partial charge on any atom is 0.275 e. The van der Waals surface area contributed by atoms with Crippen molar-refractivity contribution in [3.8, 4) is 0 Å². The van der Waals surface area contributed by atoms with Crippen molar-refractivity contribution in [2.75, 3.05) is 18.4 Å². The Morgan fingerprint density at radius 1 is 1.26 bits per heavy atom. The van der Waals surface area contributed by atoms with Crippen LogP contribution in [0.1, 0.15) is 60.5 Å². The number of carbonyl (C=O) groups is 3. The number of aromatic nitrogens is 2. The van der Waals surface area contributed by atoms with Gasteiger partial charge in [0.2, 0.25) is 5.91 Å². The molecule has 0 unspecified atom stereocenters. The Bertz CT molecular complexity index is 1040.